The second-order valence-corrected chi connectivity index (χ2v) is 15.4. The largest absolute Gasteiger partial charge is 0.480 e. The fourth-order valence-electron chi connectivity index (χ4n) is 4.89. The molecule has 0 aliphatic carbocycles. The van der Waals surface area contributed by atoms with Gasteiger partial charge in [-0.1, -0.05) is 44.2 Å². The smallest absolute Gasteiger partial charge is 0.408 e. The van der Waals surface area contributed by atoms with Crippen molar-refractivity contribution in [3.63, 3.8) is 0 Å². The summed E-state index contributed by atoms with van der Waals surface area (Å²) in [5, 5.41) is 14.8. The summed E-state index contributed by atoms with van der Waals surface area (Å²) in [5.41, 5.74) is 0.914. The Labute approximate surface area is 279 Å². The average Bonchev–Trinajstić information content (AvgIpc) is 3.01. The maximum atomic E-state index is 13.7. The van der Waals surface area contributed by atoms with Gasteiger partial charge in [0.05, 0.1) is 18.6 Å². The van der Waals surface area contributed by atoms with E-state index in [-0.39, 0.29) is 44.3 Å². The van der Waals surface area contributed by atoms with Crippen LogP contribution in [0.15, 0.2) is 48.9 Å². The van der Waals surface area contributed by atoms with Crippen molar-refractivity contribution in [2.45, 2.75) is 50.2 Å². The van der Waals surface area contributed by atoms with Crippen LogP contribution in [-0.4, -0.2) is 116 Å². The van der Waals surface area contributed by atoms with E-state index in [1.807, 2.05) is 49.1 Å². The Bertz CT molecular complexity index is 1420. The monoisotopic (exact) mass is 712 g/mol. The standard InChI is InChI=1S/C28H43BN6O11P2/c1-20(2)16-24(34-26(37)22(17-21-6-4-3-5-7-21)33-27(38)23-19-30-8-9-31-23)29-45-14-12-35(13-15-46-29)11-10-32-25(36)18-28(39,47(40)41)48(42,43)44/h3-9,19-20,22,24,39,47H,10-18H2,1-2H3,(H,32,36)(H,33,38)(H,34,37)(H,40,41)(H2,42,43,44)/t22-,24-,28?/m1/s1. The van der Waals surface area contributed by atoms with Gasteiger partial charge in [0.15, 0.2) is 0 Å². The molecule has 0 bridgehead atoms. The van der Waals surface area contributed by atoms with Crippen molar-refractivity contribution in [2.75, 3.05) is 39.4 Å². The second kappa shape index (κ2) is 18.6. The molecular formula is C28H43BN6O11P2. The van der Waals surface area contributed by atoms with Crippen molar-refractivity contribution in [1.82, 2.24) is 30.8 Å². The molecule has 2 heterocycles. The minimum absolute atomic E-state index is 0.0149. The van der Waals surface area contributed by atoms with Gasteiger partial charge in [0.2, 0.25) is 24.9 Å². The highest BCUT2D eigenvalue weighted by molar-refractivity contribution is 7.66. The molecule has 7 N–H and O–H groups in total. The maximum absolute atomic E-state index is 13.7. The summed E-state index contributed by atoms with van der Waals surface area (Å²) >= 11 is 0. The second-order valence-electron chi connectivity index (χ2n) is 11.7. The number of nitrogens with one attached hydrogen (secondary N) is 3. The van der Waals surface area contributed by atoms with Crippen LogP contribution in [-0.2, 0) is 34.4 Å². The number of aliphatic hydroxyl groups is 1. The van der Waals surface area contributed by atoms with Crippen LogP contribution in [0.4, 0.5) is 0 Å². The molecule has 20 heteroatoms. The predicted octanol–water partition coefficient (Wildman–Crippen LogP) is -0.478. The molecule has 0 spiro atoms. The Morgan fingerprint density at radius 2 is 1.77 bits per heavy atom. The summed E-state index contributed by atoms with van der Waals surface area (Å²) < 4.78 is 34.9. The Kier molecular flexibility index (Phi) is 15.3. The molecule has 0 radical (unpaired) electrons. The highest BCUT2D eigenvalue weighted by Gasteiger charge is 2.52. The van der Waals surface area contributed by atoms with Crippen LogP contribution >= 0.6 is 15.6 Å². The van der Waals surface area contributed by atoms with Crippen molar-refractivity contribution in [1.29, 1.82) is 0 Å². The summed E-state index contributed by atoms with van der Waals surface area (Å²) in [5.74, 6) is -2.37. The minimum atomic E-state index is -5.46. The lowest BCUT2D eigenvalue weighted by Gasteiger charge is -2.32. The van der Waals surface area contributed by atoms with E-state index in [0.29, 0.717) is 19.5 Å². The predicted molar refractivity (Wildman–Crippen MR) is 175 cm³/mol. The molecule has 3 rings (SSSR count). The molecule has 4 atom stereocenters. The number of carbonyl (C=O) groups excluding carboxylic acids is 3. The number of carbonyl (C=O) groups is 3. The van der Waals surface area contributed by atoms with Gasteiger partial charge in [0.25, 0.3) is 5.91 Å². The molecular weight excluding hydrogens is 669 g/mol. The van der Waals surface area contributed by atoms with Gasteiger partial charge in [-0.25, -0.2) is 4.98 Å². The lowest BCUT2D eigenvalue weighted by Crippen LogP contribution is -2.57. The molecule has 17 nitrogen and oxygen atoms in total. The van der Waals surface area contributed by atoms with E-state index in [1.165, 1.54) is 18.6 Å². The summed E-state index contributed by atoms with van der Waals surface area (Å²) in [6.07, 6.45) is 3.65. The molecule has 264 valence electrons. The lowest BCUT2D eigenvalue weighted by molar-refractivity contribution is -0.124. The van der Waals surface area contributed by atoms with Crippen molar-refractivity contribution >= 4 is 40.5 Å². The number of amides is 3. The van der Waals surface area contributed by atoms with Crippen LogP contribution in [0.5, 0.6) is 0 Å². The summed E-state index contributed by atoms with van der Waals surface area (Å²) in [6.45, 7) is 5.52. The van der Waals surface area contributed by atoms with E-state index < -0.39 is 64.0 Å². The Morgan fingerprint density at radius 1 is 1.10 bits per heavy atom. The molecule has 1 aromatic heterocycles. The van der Waals surface area contributed by atoms with Crippen LogP contribution in [0.25, 0.3) is 0 Å². The quantitative estimate of drug-likeness (QED) is 0.0859. The van der Waals surface area contributed by atoms with E-state index in [1.54, 1.807) is 0 Å². The Balaban J connectivity index is 1.58. The van der Waals surface area contributed by atoms with Gasteiger partial charge in [-0.3, -0.25) is 33.4 Å². The third-order valence-electron chi connectivity index (χ3n) is 7.44. The first-order chi connectivity index (χ1) is 22.7. The van der Waals surface area contributed by atoms with Gasteiger partial charge in [0.1, 0.15) is 11.7 Å². The third-order valence-corrected chi connectivity index (χ3v) is 10.9. The average molecular weight is 712 g/mol. The van der Waals surface area contributed by atoms with E-state index in [2.05, 4.69) is 25.9 Å². The normalized spacial score (nSPS) is 17.7. The van der Waals surface area contributed by atoms with Crippen molar-refractivity contribution < 1.29 is 52.6 Å². The van der Waals surface area contributed by atoms with Gasteiger partial charge in [0, 0.05) is 58.2 Å². The van der Waals surface area contributed by atoms with E-state index in [9.17, 15) is 43.3 Å². The molecule has 2 aromatic rings. The fraction of sp³-hybridized carbons (Fsp3) is 0.536. The van der Waals surface area contributed by atoms with Crippen molar-refractivity contribution in [2.24, 2.45) is 5.92 Å². The summed E-state index contributed by atoms with van der Waals surface area (Å²) in [4.78, 5) is 76.3. The molecule has 1 aromatic carbocycles. The van der Waals surface area contributed by atoms with Crippen LogP contribution in [0.3, 0.4) is 0 Å². The maximum Gasteiger partial charge on any atom is 0.480 e. The first-order valence-corrected chi connectivity index (χ1v) is 18.3. The molecule has 1 saturated heterocycles. The van der Waals surface area contributed by atoms with Crippen molar-refractivity contribution in [3.05, 3.63) is 60.2 Å². The number of aromatic nitrogens is 2. The molecule has 1 aliphatic heterocycles. The Hall–Kier alpha value is -3.05. The molecule has 1 aliphatic rings. The third kappa shape index (κ3) is 12.1. The van der Waals surface area contributed by atoms with Crippen molar-refractivity contribution in [3.8, 4) is 0 Å². The number of nitrogens with zero attached hydrogens (tertiary/aromatic N) is 3. The molecule has 0 saturated carbocycles. The zero-order valence-electron chi connectivity index (χ0n) is 26.7. The fourth-order valence-corrected chi connectivity index (χ4v) is 6.55. The zero-order chi connectivity index (χ0) is 35.3. The first kappa shape index (κ1) is 39.4. The van der Waals surface area contributed by atoms with Gasteiger partial charge in [-0.2, -0.15) is 0 Å². The van der Waals surface area contributed by atoms with Gasteiger partial charge < -0.3 is 45.0 Å². The zero-order valence-corrected chi connectivity index (χ0v) is 28.6. The van der Waals surface area contributed by atoms with E-state index in [0.717, 1.165) is 5.56 Å². The van der Waals surface area contributed by atoms with E-state index >= 15 is 0 Å². The number of hydrogen-bond donors (Lipinski definition) is 7. The molecule has 48 heavy (non-hydrogen) atoms. The highest BCUT2D eigenvalue weighted by atomic mass is 31.2. The number of rotatable bonds is 16. The number of hydrogen-bond acceptors (Lipinski definition) is 11. The minimum Gasteiger partial charge on any atom is -0.408 e. The van der Waals surface area contributed by atoms with Crippen LogP contribution in [0.1, 0.15) is 42.7 Å². The SMILES string of the molecule is CC(C)C[C@@H](NC(=O)[C@@H](Cc1ccccc1)NC(=O)c1cnccn1)B1OCCN(CCNC(=O)CC(O)([PH](=O)O)P(=O)(O)O)CCO1. The van der Waals surface area contributed by atoms with Gasteiger partial charge in [-0.15, -0.1) is 0 Å². The lowest BCUT2D eigenvalue weighted by atomic mass is 9.73. The summed E-state index contributed by atoms with van der Waals surface area (Å²) in [7, 11) is -10.4. The first-order valence-electron chi connectivity index (χ1n) is 15.3. The number of benzene rings is 1. The molecule has 3 amide bonds. The van der Waals surface area contributed by atoms with Crippen LogP contribution in [0.2, 0.25) is 0 Å². The topological polar surface area (TPSA) is 250 Å². The van der Waals surface area contributed by atoms with Crippen LogP contribution in [0, 0.1) is 5.92 Å². The highest BCUT2D eigenvalue weighted by Crippen LogP contribution is 2.61. The van der Waals surface area contributed by atoms with Gasteiger partial charge in [-0.05, 0) is 17.9 Å². The van der Waals surface area contributed by atoms with Crippen LogP contribution < -0.4 is 16.0 Å². The molecule has 2 unspecified atom stereocenters. The Morgan fingerprint density at radius 3 is 2.33 bits per heavy atom. The molecule has 1 fully saturated rings. The van der Waals surface area contributed by atoms with E-state index in [4.69, 9.17) is 9.31 Å². The summed E-state index contributed by atoms with van der Waals surface area (Å²) in [6, 6.07) is 8.33. The van der Waals surface area contributed by atoms with Gasteiger partial charge >= 0.3 is 14.7 Å².